The molecule has 2 aromatic carbocycles. The summed E-state index contributed by atoms with van der Waals surface area (Å²) in [5.74, 6) is 0.0174. The van der Waals surface area contributed by atoms with Crippen LogP contribution in [0, 0.1) is 0 Å². The van der Waals surface area contributed by atoms with Crippen molar-refractivity contribution in [3.05, 3.63) is 93.7 Å². The van der Waals surface area contributed by atoms with E-state index in [1.165, 1.54) is 0 Å². The van der Waals surface area contributed by atoms with Crippen LogP contribution >= 0.6 is 23.2 Å². The molecule has 3 nitrogen and oxygen atoms in total. The van der Waals surface area contributed by atoms with Crippen molar-refractivity contribution in [2.45, 2.75) is 12.6 Å². The lowest BCUT2D eigenvalue weighted by atomic mass is 10.00. The van der Waals surface area contributed by atoms with Gasteiger partial charge in [-0.15, -0.1) is 0 Å². The molecule has 0 aliphatic carbocycles. The number of halogens is 2. The van der Waals surface area contributed by atoms with Gasteiger partial charge in [-0.05, 0) is 35.4 Å². The molecule has 0 aliphatic rings. The third-order valence-corrected chi connectivity index (χ3v) is 4.69. The highest BCUT2D eigenvalue weighted by atomic mass is 35.5. The van der Waals surface area contributed by atoms with Crippen molar-refractivity contribution < 1.29 is 4.79 Å². The second kappa shape index (κ2) is 7.87. The lowest BCUT2D eigenvalue weighted by Crippen LogP contribution is -2.29. The van der Waals surface area contributed by atoms with Gasteiger partial charge in [0, 0.05) is 29.8 Å². The summed E-state index contributed by atoms with van der Waals surface area (Å²) in [6.45, 7) is 0.464. The predicted molar refractivity (Wildman–Crippen MR) is 102 cm³/mol. The Morgan fingerprint density at radius 1 is 1.08 bits per heavy atom. The van der Waals surface area contributed by atoms with E-state index in [1.807, 2.05) is 66.3 Å². The molecule has 0 saturated heterocycles. The highest BCUT2D eigenvalue weighted by Gasteiger charge is 2.23. The molecule has 25 heavy (non-hydrogen) atoms. The summed E-state index contributed by atoms with van der Waals surface area (Å²) in [6.07, 6.45) is 1.87. The Morgan fingerprint density at radius 3 is 2.48 bits per heavy atom. The standard InChI is InChI=1S/C20H18Cl2N2O/c1-24-11-5-8-18(24)20(25)19(14-6-3-2-4-7-14)23-13-15-9-10-16(21)12-17(15)22/h2-12,19,23H,13H2,1H3. The summed E-state index contributed by atoms with van der Waals surface area (Å²) in [6, 6.07) is 18.3. The summed E-state index contributed by atoms with van der Waals surface area (Å²) in [5.41, 5.74) is 2.47. The second-order valence-electron chi connectivity index (χ2n) is 5.83. The number of nitrogens with one attached hydrogen (secondary N) is 1. The number of carbonyl (C=O) groups is 1. The summed E-state index contributed by atoms with van der Waals surface area (Å²) in [4.78, 5) is 13.1. The van der Waals surface area contributed by atoms with Crippen LogP contribution < -0.4 is 5.32 Å². The number of carbonyl (C=O) groups excluding carboxylic acids is 1. The zero-order valence-electron chi connectivity index (χ0n) is 13.7. The van der Waals surface area contributed by atoms with Gasteiger partial charge >= 0.3 is 0 Å². The number of Topliss-reactive ketones (excluding diaryl/α,β-unsaturated/α-hetero) is 1. The Hall–Kier alpha value is -2.07. The van der Waals surface area contributed by atoms with Gasteiger partial charge in [0.2, 0.25) is 5.78 Å². The Balaban J connectivity index is 1.87. The molecule has 1 N–H and O–H groups in total. The quantitative estimate of drug-likeness (QED) is 0.614. The molecule has 128 valence electrons. The first-order valence-corrected chi connectivity index (χ1v) is 8.69. The third kappa shape index (κ3) is 4.13. The molecular formula is C20H18Cl2N2O. The average molecular weight is 373 g/mol. The number of rotatable bonds is 6. The number of hydrogen-bond donors (Lipinski definition) is 1. The van der Waals surface area contributed by atoms with Crippen molar-refractivity contribution in [3.8, 4) is 0 Å². The van der Waals surface area contributed by atoms with Gasteiger partial charge in [-0.25, -0.2) is 0 Å². The van der Waals surface area contributed by atoms with E-state index in [1.54, 1.807) is 12.1 Å². The zero-order valence-corrected chi connectivity index (χ0v) is 15.3. The third-order valence-electron chi connectivity index (χ3n) is 4.10. The van der Waals surface area contributed by atoms with E-state index in [9.17, 15) is 4.79 Å². The van der Waals surface area contributed by atoms with E-state index in [0.717, 1.165) is 11.1 Å². The number of aryl methyl sites for hydroxylation is 1. The SMILES string of the molecule is Cn1cccc1C(=O)C(NCc1ccc(Cl)cc1Cl)c1ccccc1. The first-order valence-electron chi connectivity index (χ1n) is 7.94. The maximum absolute atomic E-state index is 13.1. The van der Waals surface area contributed by atoms with Gasteiger partial charge in [0.25, 0.3) is 0 Å². The second-order valence-corrected chi connectivity index (χ2v) is 6.67. The maximum atomic E-state index is 13.1. The van der Waals surface area contributed by atoms with Gasteiger partial charge in [0.05, 0.1) is 11.7 Å². The maximum Gasteiger partial charge on any atom is 0.200 e. The topological polar surface area (TPSA) is 34.0 Å². The monoisotopic (exact) mass is 372 g/mol. The zero-order chi connectivity index (χ0) is 17.8. The Kier molecular flexibility index (Phi) is 5.59. The molecule has 0 spiro atoms. The smallest absolute Gasteiger partial charge is 0.200 e. The summed E-state index contributed by atoms with van der Waals surface area (Å²) >= 11 is 12.2. The summed E-state index contributed by atoms with van der Waals surface area (Å²) in [5, 5.41) is 4.51. The van der Waals surface area contributed by atoms with E-state index in [0.29, 0.717) is 22.3 Å². The van der Waals surface area contributed by atoms with Gasteiger partial charge in [0.1, 0.15) is 0 Å². The molecule has 0 bridgehead atoms. The average Bonchev–Trinajstić information content (AvgIpc) is 3.03. The highest BCUT2D eigenvalue weighted by molar-refractivity contribution is 6.35. The number of ketones is 1. The van der Waals surface area contributed by atoms with Gasteiger partial charge in [-0.2, -0.15) is 0 Å². The van der Waals surface area contributed by atoms with Crippen molar-refractivity contribution >= 4 is 29.0 Å². The van der Waals surface area contributed by atoms with E-state index in [-0.39, 0.29) is 5.78 Å². The predicted octanol–water partition coefficient (Wildman–Crippen LogP) is 5.05. The Bertz CT molecular complexity index is 874. The van der Waals surface area contributed by atoms with Crippen LogP contribution in [0.4, 0.5) is 0 Å². The molecule has 0 saturated carbocycles. The molecule has 1 unspecified atom stereocenters. The van der Waals surface area contributed by atoms with Crippen molar-refractivity contribution in [2.75, 3.05) is 0 Å². The molecule has 3 aromatic rings. The molecule has 5 heteroatoms. The van der Waals surface area contributed by atoms with Crippen LogP contribution in [0.25, 0.3) is 0 Å². The highest BCUT2D eigenvalue weighted by Crippen LogP contribution is 2.23. The van der Waals surface area contributed by atoms with Gasteiger partial charge in [-0.3, -0.25) is 10.1 Å². The van der Waals surface area contributed by atoms with Crippen LogP contribution in [0.3, 0.4) is 0 Å². The number of nitrogens with zero attached hydrogens (tertiary/aromatic N) is 1. The minimum atomic E-state index is -0.457. The molecule has 1 atom stereocenters. The van der Waals surface area contributed by atoms with Crippen LogP contribution in [0.5, 0.6) is 0 Å². The molecule has 1 aromatic heterocycles. The number of benzene rings is 2. The van der Waals surface area contributed by atoms with E-state index in [4.69, 9.17) is 23.2 Å². The fourth-order valence-corrected chi connectivity index (χ4v) is 3.22. The van der Waals surface area contributed by atoms with Crippen molar-refractivity contribution in [2.24, 2.45) is 7.05 Å². The molecule has 0 amide bonds. The lowest BCUT2D eigenvalue weighted by Gasteiger charge is -2.19. The molecule has 0 fully saturated rings. The van der Waals surface area contributed by atoms with E-state index in [2.05, 4.69) is 5.32 Å². The largest absolute Gasteiger partial charge is 0.348 e. The molecule has 1 heterocycles. The summed E-state index contributed by atoms with van der Waals surface area (Å²) < 4.78 is 1.83. The minimum Gasteiger partial charge on any atom is -0.348 e. The molecular weight excluding hydrogens is 355 g/mol. The fraction of sp³-hybridized carbons (Fsp3) is 0.150. The summed E-state index contributed by atoms with van der Waals surface area (Å²) in [7, 11) is 1.87. The minimum absolute atomic E-state index is 0.0174. The first-order chi connectivity index (χ1) is 12.1. The molecule has 0 aliphatic heterocycles. The van der Waals surface area contributed by atoms with Crippen LogP contribution in [-0.4, -0.2) is 10.4 Å². The normalized spacial score (nSPS) is 12.1. The van der Waals surface area contributed by atoms with E-state index < -0.39 is 6.04 Å². The Morgan fingerprint density at radius 2 is 1.84 bits per heavy atom. The lowest BCUT2D eigenvalue weighted by molar-refractivity contribution is 0.0934. The van der Waals surface area contributed by atoms with Gasteiger partial charge < -0.3 is 4.57 Å². The Labute approximate surface area is 157 Å². The fourth-order valence-electron chi connectivity index (χ4n) is 2.75. The molecule has 0 radical (unpaired) electrons. The van der Waals surface area contributed by atoms with Gasteiger partial charge in [0.15, 0.2) is 0 Å². The van der Waals surface area contributed by atoms with E-state index >= 15 is 0 Å². The van der Waals surface area contributed by atoms with Crippen LogP contribution in [0.2, 0.25) is 10.0 Å². The number of hydrogen-bond acceptors (Lipinski definition) is 2. The van der Waals surface area contributed by atoms with Crippen molar-refractivity contribution in [1.29, 1.82) is 0 Å². The van der Waals surface area contributed by atoms with Crippen LogP contribution in [0.15, 0.2) is 66.9 Å². The number of aromatic nitrogens is 1. The molecule has 3 rings (SSSR count). The first kappa shape index (κ1) is 17.7. The van der Waals surface area contributed by atoms with Crippen LogP contribution in [0.1, 0.15) is 27.7 Å². The van der Waals surface area contributed by atoms with Gasteiger partial charge in [-0.1, -0.05) is 59.6 Å². The van der Waals surface area contributed by atoms with Crippen molar-refractivity contribution in [3.63, 3.8) is 0 Å². The van der Waals surface area contributed by atoms with Crippen molar-refractivity contribution in [1.82, 2.24) is 9.88 Å². The van der Waals surface area contributed by atoms with Crippen LogP contribution in [-0.2, 0) is 13.6 Å².